The predicted octanol–water partition coefficient (Wildman–Crippen LogP) is 3.59. The zero-order valence-corrected chi connectivity index (χ0v) is 10.3. The van der Waals surface area contributed by atoms with E-state index in [0.29, 0.717) is 0 Å². The van der Waals surface area contributed by atoms with E-state index in [4.69, 9.17) is 0 Å². The third-order valence-electron chi connectivity index (χ3n) is 4.57. The molecule has 0 radical (unpaired) electrons. The van der Waals surface area contributed by atoms with Crippen LogP contribution in [-0.4, -0.2) is 13.1 Å². The molecule has 0 bridgehead atoms. The van der Waals surface area contributed by atoms with E-state index in [-0.39, 0.29) is 0 Å². The van der Waals surface area contributed by atoms with Crippen LogP contribution in [0.2, 0.25) is 0 Å². The summed E-state index contributed by atoms with van der Waals surface area (Å²) in [5, 5.41) is 3.66. The molecule has 1 N–H and O–H groups in total. The number of nitrogens with one attached hydrogen (secondary N) is 1. The number of rotatable bonds is 6. The summed E-state index contributed by atoms with van der Waals surface area (Å²) in [4.78, 5) is 0. The Morgan fingerprint density at radius 1 is 1.00 bits per heavy atom. The molecule has 0 amide bonds. The molecule has 2 rings (SSSR count). The van der Waals surface area contributed by atoms with E-state index in [0.717, 1.165) is 17.8 Å². The molecule has 88 valence electrons. The fourth-order valence-electron chi connectivity index (χ4n) is 3.42. The molecule has 2 aliphatic rings. The highest BCUT2D eigenvalue weighted by Gasteiger charge is 2.33. The van der Waals surface area contributed by atoms with Crippen LogP contribution in [0.5, 0.6) is 0 Å². The van der Waals surface area contributed by atoms with Crippen molar-refractivity contribution < 1.29 is 0 Å². The largest absolute Gasteiger partial charge is 0.316 e. The van der Waals surface area contributed by atoms with Crippen LogP contribution in [0.1, 0.15) is 58.3 Å². The average Bonchev–Trinajstić information content (AvgIpc) is 2.66. The van der Waals surface area contributed by atoms with E-state index in [2.05, 4.69) is 12.2 Å². The topological polar surface area (TPSA) is 12.0 Å². The minimum atomic E-state index is 1.02. The lowest BCUT2D eigenvalue weighted by atomic mass is 9.70. The summed E-state index contributed by atoms with van der Waals surface area (Å²) in [6, 6.07) is 0. The van der Waals surface area contributed by atoms with E-state index < -0.39 is 0 Å². The van der Waals surface area contributed by atoms with Gasteiger partial charge in [-0.05, 0) is 37.3 Å². The lowest BCUT2D eigenvalue weighted by Crippen LogP contribution is -2.36. The standard InChI is InChI=1S/C14H27N/c1-2-10-15-11-14(13-8-5-9-13)12-6-3-4-7-12/h12-15H,2-11H2,1H3. The van der Waals surface area contributed by atoms with Crippen LogP contribution in [0.3, 0.4) is 0 Å². The van der Waals surface area contributed by atoms with Gasteiger partial charge in [-0.1, -0.05) is 51.9 Å². The molecule has 2 fully saturated rings. The Labute approximate surface area is 95.0 Å². The van der Waals surface area contributed by atoms with Gasteiger partial charge in [0.25, 0.3) is 0 Å². The van der Waals surface area contributed by atoms with Crippen molar-refractivity contribution in [2.24, 2.45) is 17.8 Å². The summed E-state index contributed by atoms with van der Waals surface area (Å²) in [6.45, 7) is 4.79. The molecule has 0 saturated heterocycles. The highest BCUT2D eigenvalue weighted by molar-refractivity contribution is 4.86. The van der Waals surface area contributed by atoms with Crippen molar-refractivity contribution in [1.82, 2.24) is 5.32 Å². The van der Waals surface area contributed by atoms with Crippen molar-refractivity contribution >= 4 is 0 Å². The molecule has 0 spiro atoms. The number of hydrogen-bond donors (Lipinski definition) is 1. The van der Waals surface area contributed by atoms with Crippen LogP contribution in [0.25, 0.3) is 0 Å². The molecule has 0 aromatic rings. The van der Waals surface area contributed by atoms with E-state index in [1.54, 1.807) is 0 Å². The van der Waals surface area contributed by atoms with E-state index in [1.807, 2.05) is 0 Å². The maximum Gasteiger partial charge on any atom is -0.00152 e. The summed E-state index contributed by atoms with van der Waals surface area (Å²) in [6.07, 6.45) is 11.9. The summed E-state index contributed by atoms with van der Waals surface area (Å²) < 4.78 is 0. The normalized spacial score (nSPS) is 25.4. The van der Waals surface area contributed by atoms with Crippen molar-refractivity contribution in [2.45, 2.75) is 58.3 Å². The van der Waals surface area contributed by atoms with Crippen molar-refractivity contribution in [3.05, 3.63) is 0 Å². The first kappa shape index (κ1) is 11.4. The van der Waals surface area contributed by atoms with Gasteiger partial charge in [0, 0.05) is 0 Å². The van der Waals surface area contributed by atoms with Gasteiger partial charge in [0.05, 0.1) is 0 Å². The first-order valence-electron chi connectivity index (χ1n) is 7.12. The molecule has 1 nitrogen and oxygen atoms in total. The third kappa shape index (κ3) is 2.96. The zero-order valence-electron chi connectivity index (χ0n) is 10.3. The molecule has 1 atom stereocenters. The monoisotopic (exact) mass is 209 g/mol. The Hall–Kier alpha value is -0.0400. The maximum absolute atomic E-state index is 3.66. The molecule has 0 aromatic carbocycles. The van der Waals surface area contributed by atoms with Gasteiger partial charge in [-0.3, -0.25) is 0 Å². The second-order valence-corrected chi connectivity index (χ2v) is 5.60. The summed E-state index contributed by atoms with van der Waals surface area (Å²) in [5.41, 5.74) is 0. The maximum atomic E-state index is 3.66. The van der Waals surface area contributed by atoms with Crippen LogP contribution in [0.4, 0.5) is 0 Å². The predicted molar refractivity (Wildman–Crippen MR) is 65.9 cm³/mol. The van der Waals surface area contributed by atoms with Crippen molar-refractivity contribution in [3.63, 3.8) is 0 Å². The zero-order chi connectivity index (χ0) is 10.5. The Morgan fingerprint density at radius 2 is 1.60 bits per heavy atom. The molecule has 1 unspecified atom stereocenters. The van der Waals surface area contributed by atoms with E-state index in [1.165, 1.54) is 64.5 Å². The van der Waals surface area contributed by atoms with Crippen LogP contribution < -0.4 is 5.32 Å². The summed E-state index contributed by atoms with van der Waals surface area (Å²) in [5.74, 6) is 3.17. The molecule has 2 aliphatic carbocycles. The van der Waals surface area contributed by atoms with Crippen molar-refractivity contribution in [1.29, 1.82) is 0 Å². The van der Waals surface area contributed by atoms with Gasteiger partial charge in [0.1, 0.15) is 0 Å². The Bertz CT molecular complexity index is 168. The minimum absolute atomic E-state index is 1.02. The van der Waals surface area contributed by atoms with Gasteiger partial charge in [0.15, 0.2) is 0 Å². The first-order valence-corrected chi connectivity index (χ1v) is 7.12. The van der Waals surface area contributed by atoms with Crippen molar-refractivity contribution in [3.8, 4) is 0 Å². The highest BCUT2D eigenvalue weighted by atomic mass is 14.9. The Morgan fingerprint density at radius 3 is 2.07 bits per heavy atom. The second kappa shape index (κ2) is 5.89. The summed E-state index contributed by atoms with van der Waals surface area (Å²) in [7, 11) is 0. The Kier molecular flexibility index (Phi) is 4.49. The van der Waals surface area contributed by atoms with Gasteiger partial charge in [-0.2, -0.15) is 0 Å². The van der Waals surface area contributed by atoms with Crippen LogP contribution in [-0.2, 0) is 0 Å². The smallest absolute Gasteiger partial charge is 0.00152 e. The van der Waals surface area contributed by atoms with Crippen LogP contribution in [0.15, 0.2) is 0 Å². The van der Waals surface area contributed by atoms with Gasteiger partial charge in [0.2, 0.25) is 0 Å². The van der Waals surface area contributed by atoms with E-state index in [9.17, 15) is 0 Å². The molecule has 1 heteroatoms. The molecule has 0 aromatic heterocycles. The van der Waals surface area contributed by atoms with Crippen LogP contribution >= 0.6 is 0 Å². The van der Waals surface area contributed by atoms with Crippen LogP contribution in [0, 0.1) is 17.8 Å². The van der Waals surface area contributed by atoms with E-state index >= 15 is 0 Å². The Balaban J connectivity index is 1.78. The van der Waals surface area contributed by atoms with Gasteiger partial charge in [-0.15, -0.1) is 0 Å². The van der Waals surface area contributed by atoms with Gasteiger partial charge < -0.3 is 5.32 Å². The molecule has 2 saturated carbocycles. The fourth-order valence-corrected chi connectivity index (χ4v) is 3.42. The van der Waals surface area contributed by atoms with Crippen molar-refractivity contribution in [2.75, 3.05) is 13.1 Å². The SMILES string of the molecule is CCCNCC(C1CCCC1)C1CCC1. The average molecular weight is 209 g/mol. The molecular weight excluding hydrogens is 182 g/mol. The molecule has 0 heterocycles. The van der Waals surface area contributed by atoms with Gasteiger partial charge >= 0.3 is 0 Å². The third-order valence-corrected chi connectivity index (χ3v) is 4.57. The van der Waals surface area contributed by atoms with Gasteiger partial charge in [-0.25, -0.2) is 0 Å². The first-order chi connectivity index (χ1) is 7.42. The highest BCUT2D eigenvalue weighted by Crippen LogP contribution is 2.42. The number of hydrogen-bond acceptors (Lipinski definition) is 1. The lowest BCUT2D eigenvalue weighted by Gasteiger charge is -2.37. The quantitative estimate of drug-likeness (QED) is 0.659. The molecule has 0 aliphatic heterocycles. The molecular formula is C14H27N. The fraction of sp³-hybridized carbons (Fsp3) is 1.00. The lowest BCUT2D eigenvalue weighted by molar-refractivity contribution is 0.142. The molecule has 15 heavy (non-hydrogen) atoms. The second-order valence-electron chi connectivity index (χ2n) is 5.60. The summed E-state index contributed by atoms with van der Waals surface area (Å²) >= 11 is 0. The minimum Gasteiger partial charge on any atom is -0.316 e.